The van der Waals surface area contributed by atoms with Gasteiger partial charge in [-0.05, 0) is 48.4 Å². The zero-order chi connectivity index (χ0) is 24.2. The van der Waals surface area contributed by atoms with E-state index in [9.17, 15) is 30.0 Å². The summed E-state index contributed by atoms with van der Waals surface area (Å²) in [6.45, 7) is 0.828. The molecular formula is C20H21ClF3N3O4S2. The van der Waals surface area contributed by atoms with Crippen molar-refractivity contribution in [2.45, 2.75) is 17.5 Å². The number of hydrogen-bond donors (Lipinski definition) is 0. The van der Waals surface area contributed by atoms with Gasteiger partial charge >= 0.3 is 6.18 Å². The fraction of sp³-hybridized carbons (Fsp3) is 0.400. The predicted octanol–water partition coefficient (Wildman–Crippen LogP) is 3.19. The highest BCUT2D eigenvalue weighted by atomic mass is 35.5. The molecule has 0 aliphatic carbocycles. The third kappa shape index (κ3) is 4.79. The zero-order valence-corrected chi connectivity index (χ0v) is 19.9. The van der Waals surface area contributed by atoms with Crippen LogP contribution in [0.4, 0.5) is 24.5 Å². The van der Waals surface area contributed by atoms with E-state index in [1.54, 1.807) is 4.90 Å². The maximum Gasteiger partial charge on any atom is 0.416 e. The van der Waals surface area contributed by atoms with Gasteiger partial charge in [0.1, 0.15) is 0 Å². The van der Waals surface area contributed by atoms with Crippen LogP contribution in [0.1, 0.15) is 11.1 Å². The third-order valence-electron chi connectivity index (χ3n) is 5.76. The molecule has 7 nitrogen and oxygen atoms in total. The van der Waals surface area contributed by atoms with E-state index in [4.69, 9.17) is 11.6 Å². The summed E-state index contributed by atoms with van der Waals surface area (Å²) in [7, 11) is -7.29. The molecule has 0 atom stereocenters. The minimum atomic E-state index is -4.54. The van der Waals surface area contributed by atoms with Crippen LogP contribution in [-0.2, 0) is 32.6 Å². The van der Waals surface area contributed by atoms with E-state index < -0.39 is 31.8 Å². The van der Waals surface area contributed by atoms with Crippen molar-refractivity contribution in [3.8, 4) is 0 Å². The number of anilines is 2. The summed E-state index contributed by atoms with van der Waals surface area (Å²) in [5.41, 5.74) is 0.535. The highest BCUT2D eigenvalue weighted by molar-refractivity contribution is 7.92. The van der Waals surface area contributed by atoms with Crippen LogP contribution < -0.4 is 9.21 Å². The van der Waals surface area contributed by atoms with Gasteiger partial charge in [-0.3, -0.25) is 4.31 Å². The number of benzene rings is 2. The monoisotopic (exact) mass is 523 g/mol. The molecule has 4 rings (SSSR count). The van der Waals surface area contributed by atoms with Crippen molar-refractivity contribution in [1.82, 2.24) is 4.31 Å². The van der Waals surface area contributed by atoms with E-state index >= 15 is 0 Å². The highest BCUT2D eigenvalue weighted by Crippen LogP contribution is 2.35. The second kappa shape index (κ2) is 8.33. The van der Waals surface area contributed by atoms with Gasteiger partial charge in [-0.15, -0.1) is 0 Å². The Morgan fingerprint density at radius 1 is 0.909 bits per heavy atom. The summed E-state index contributed by atoms with van der Waals surface area (Å²) >= 11 is 5.87. The average molecular weight is 524 g/mol. The molecule has 0 amide bonds. The molecule has 0 saturated carbocycles. The number of halogens is 4. The molecule has 0 spiro atoms. The van der Waals surface area contributed by atoms with Crippen molar-refractivity contribution < 1.29 is 30.0 Å². The Bertz CT molecular complexity index is 1290. The van der Waals surface area contributed by atoms with Crippen LogP contribution in [0.2, 0.25) is 5.02 Å². The van der Waals surface area contributed by atoms with Gasteiger partial charge in [0.05, 0.1) is 22.4 Å². The molecule has 2 aliphatic rings. The predicted molar refractivity (Wildman–Crippen MR) is 120 cm³/mol. The molecule has 0 aromatic heterocycles. The molecular weight excluding hydrogens is 503 g/mol. The number of fused-ring (bicyclic) bond motifs is 1. The fourth-order valence-corrected chi connectivity index (χ4v) is 6.77. The standard InChI is InChI=1S/C20H21ClF3N3O4S2/c1-32(28,29)27-5-4-14-10-18(2-3-19(14)27)33(30,31)26-8-6-25(7-9-26)17-12-15(20(22,23)24)11-16(21)13-17/h2-3,10-13H,4-9H2,1H3. The number of rotatable bonds is 4. The molecule has 1 saturated heterocycles. The molecule has 2 aromatic rings. The maximum absolute atomic E-state index is 13.2. The van der Waals surface area contributed by atoms with Gasteiger partial charge in [0.15, 0.2) is 0 Å². The summed E-state index contributed by atoms with van der Waals surface area (Å²) in [6.07, 6.45) is -3.02. The van der Waals surface area contributed by atoms with Gasteiger partial charge in [0.2, 0.25) is 20.0 Å². The van der Waals surface area contributed by atoms with E-state index in [0.29, 0.717) is 17.7 Å². The zero-order valence-electron chi connectivity index (χ0n) is 17.5. The van der Waals surface area contributed by atoms with Crippen LogP contribution in [0.25, 0.3) is 0 Å². The van der Waals surface area contributed by atoms with Crippen LogP contribution in [0, 0.1) is 0 Å². The van der Waals surface area contributed by atoms with Crippen molar-refractivity contribution in [2.75, 3.05) is 48.2 Å². The lowest BCUT2D eigenvalue weighted by Crippen LogP contribution is -2.48. The van der Waals surface area contributed by atoms with Crippen molar-refractivity contribution in [1.29, 1.82) is 0 Å². The van der Waals surface area contributed by atoms with Crippen LogP contribution in [0.15, 0.2) is 41.3 Å². The van der Waals surface area contributed by atoms with E-state index in [1.165, 1.54) is 32.9 Å². The molecule has 13 heteroatoms. The van der Waals surface area contributed by atoms with E-state index in [2.05, 4.69) is 0 Å². The van der Waals surface area contributed by atoms with Crippen LogP contribution in [0.3, 0.4) is 0 Å². The summed E-state index contributed by atoms with van der Waals surface area (Å²) in [4.78, 5) is 1.73. The van der Waals surface area contributed by atoms with Crippen LogP contribution in [-0.4, -0.2) is 60.1 Å². The summed E-state index contributed by atoms with van der Waals surface area (Å²) in [5, 5.41) is -0.0452. The average Bonchev–Trinajstić information content (AvgIpc) is 3.16. The van der Waals surface area contributed by atoms with E-state index in [-0.39, 0.29) is 48.3 Å². The fourth-order valence-electron chi connectivity index (χ4n) is 4.11. The quantitative estimate of drug-likeness (QED) is 0.615. The Balaban J connectivity index is 1.51. The minimum Gasteiger partial charge on any atom is -0.369 e. The van der Waals surface area contributed by atoms with Gasteiger partial charge in [-0.1, -0.05) is 11.6 Å². The molecule has 2 aliphatic heterocycles. The Morgan fingerprint density at radius 3 is 2.18 bits per heavy atom. The molecule has 2 aromatic carbocycles. The summed E-state index contributed by atoms with van der Waals surface area (Å²) in [6, 6.07) is 7.66. The van der Waals surface area contributed by atoms with Crippen molar-refractivity contribution in [3.05, 3.63) is 52.5 Å². The van der Waals surface area contributed by atoms with E-state index in [1.807, 2.05) is 0 Å². The lowest BCUT2D eigenvalue weighted by atomic mass is 10.1. The first kappa shape index (κ1) is 24.1. The van der Waals surface area contributed by atoms with Crippen molar-refractivity contribution >= 4 is 43.0 Å². The smallest absolute Gasteiger partial charge is 0.369 e. The number of nitrogens with zero attached hydrogens (tertiary/aromatic N) is 3. The molecule has 0 radical (unpaired) electrons. The molecule has 0 N–H and O–H groups in total. The SMILES string of the molecule is CS(=O)(=O)N1CCc2cc(S(=O)(=O)N3CCN(c4cc(Cl)cc(C(F)(F)F)c4)CC3)ccc21. The van der Waals surface area contributed by atoms with Gasteiger partial charge in [0, 0.05) is 43.4 Å². The molecule has 1 fully saturated rings. The Hall–Kier alpha value is -2.02. The van der Waals surface area contributed by atoms with Crippen molar-refractivity contribution in [3.63, 3.8) is 0 Å². The highest BCUT2D eigenvalue weighted by Gasteiger charge is 2.34. The lowest BCUT2D eigenvalue weighted by Gasteiger charge is -2.35. The van der Waals surface area contributed by atoms with Gasteiger partial charge < -0.3 is 4.90 Å². The molecule has 0 unspecified atom stereocenters. The van der Waals surface area contributed by atoms with Crippen LogP contribution >= 0.6 is 11.6 Å². The lowest BCUT2D eigenvalue weighted by molar-refractivity contribution is -0.137. The number of hydrogen-bond acceptors (Lipinski definition) is 5. The van der Waals surface area contributed by atoms with Crippen LogP contribution in [0.5, 0.6) is 0 Å². The van der Waals surface area contributed by atoms with Gasteiger partial charge in [-0.25, -0.2) is 16.8 Å². The van der Waals surface area contributed by atoms with Crippen molar-refractivity contribution in [2.24, 2.45) is 0 Å². The second-order valence-electron chi connectivity index (χ2n) is 7.96. The first-order valence-corrected chi connectivity index (χ1v) is 13.7. The Labute approximate surface area is 195 Å². The Morgan fingerprint density at radius 2 is 1.58 bits per heavy atom. The normalized spacial score (nSPS) is 18.0. The summed E-state index contributed by atoms with van der Waals surface area (Å²) < 4.78 is 91.9. The van der Waals surface area contributed by atoms with E-state index in [0.717, 1.165) is 18.4 Å². The van der Waals surface area contributed by atoms with Gasteiger partial charge in [-0.2, -0.15) is 17.5 Å². The Kier molecular flexibility index (Phi) is 6.09. The summed E-state index contributed by atoms with van der Waals surface area (Å²) in [5.74, 6) is 0. The number of alkyl halides is 3. The van der Waals surface area contributed by atoms with Gasteiger partial charge in [0.25, 0.3) is 0 Å². The number of sulfonamides is 2. The second-order valence-corrected chi connectivity index (χ2v) is 12.2. The minimum absolute atomic E-state index is 0.0452. The first-order valence-electron chi connectivity index (χ1n) is 10.0. The molecule has 2 heterocycles. The molecule has 180 valence electrons. The molecule has 0 bridgehead atoms. The maximum atomic E-state index is 13.2. The largest absolute Gasteiger partial charge is 0.416 e. The molecule has 33 heavy (non-hydrogen) atoms. The third-order valence-corrected chi connectivity index (χ3v) is 9.05. The topological polar surface area (TPSA) is 78.0 Å². The number of piperazine rings is 1. The first-order chi connectivity index (χ1) is 15.3.